The highest BCUT2D eigenvalue weighted by Crippen LogP contribution is 2.28. The van der Waals surface area contributed by atoms with Crippen LogP contribution in [-0.4, -0.2) is 23.9 Å². The monoisotopic (exact) mass is 385 g/mol. The van der Waals surface area contributed by atoms with E-state index in [2.05, 4.69) is 15.6 Å². The molecule has 1 aromatic carbocycles. The van der Waals surface area contributed by atoms with E-state index in [9.17, 15) is 9.59 Å². The highest BCUT2D eigenvalue weighted by atomic mass is 35.5. The second-order valence-corrected chi connectivity index (χ2v) is 5.93. The number of furan rings is 1. The molecule has 0 aliphatic heterocycles. The van der Waals surface area contributed by atoms with Gasteiger partial charge in [-0.15, -0.1) is 0 Å². The van der Waals surface area contributed by atoms with E-state index in [0.29, 0.717) is 22.2 Å². The molecular formula is C19H16ClN3O4. The van der Waals surface area contributed by atoms with Gasteiger partial charge >= 0.3 is 0 Å². The molecule has 2 aromatic heterocycles. The van der Waals surface area contributed by atoms with Crippen LogP contribution in [0.1, 0.15) is 26.6 Å². The zero-order valence-electron chi connectivity index (χ0n) is 14.4. The number of aromatic nitrogens is 1. The topological polar surface area (TPSA) is 93.5 Å². The summed E-state index contributed by atoms with van der Waals surface area (Å²) in [5, 5.41) is 5.85. The number of carbonyl (C=O) groups excluding carboxylic acids is 2. The van der Waals surface area contributed by atoms with E-state index in [0.717, 1.165) is 0 Å². The van der Waals surface area contributed by atoms with Crippen LogP contribution in [-0.2, 0) is 6.54 Å². The van der Waals surface area contributed by atoms with E-state index < -0.39 is 11.8 Å². The van der Waals surface area contributed by atoms with Crippen molar-refractivity contribution in [1.82, 2.24) is 10.3 Å². The van der Waals surface area contributed by atoms with Gasteiger partial charge in [0, 0.05) is 16.8 Å². The highest BCUT2D eigenvalue weighted by molar-refractivity contribution is 6.31. The quantitative estimate of drug-likeness (QED) is 0.677. The van der Waals surface area contributed by atoms with Gasteiger partial charge in [-0.3, -0.25) is 14.6 Å². The summed E-state index contributed by atoms with van der Waals surface area (Å²) in [7, 11) is 1.49. The number of halogens is 1. The van der Waals surface area contributed by atoms with Crippen LogP contribution >= 0.6 is 11.6 Å². The number of nitrogens with one attached hydrogen (secondary N) is 2. The smallest absolute Gasteiger partial charge is 0.270 e. The largest absolute Gasteiger partial charge is 0.495 e. The molecule has 0 fully saturated rings. The predicted octanol–water partition coefficient (Wildman–Crippen LogP) is 3.52. The Hall–Kier alpha value is -3.32. The van der Waals surface area contributed by atoms with Crippen molar-refractivity contribution in [2.75, 3.05) is 12.4 Å². The molecular weight excluding hydrogens is 370 g/mol. The summed E-state index contributed by atoms with van der Waals surface area (Å²) in [4.78, 5) is 28.8. The molecule has 0 atom stereocenters. The molecule has 0 bridgehead atoms. The highest BCUT2D eigenvalue weighted by Gasteiger charge is 2.14. The number of hydrogen-bond acceptors (Lipinski definition) is 5. The van der Waals surface area contributed by atoms with Gasteiger partial charge in [0.1, 0.15) is 17.2 Å². The van der Waals surface area contributed by atoms with Crippen LogP contribution in [0.5, 0.6) is 5.75 Å². The summed E-state index contributed by atoms with van der Waals surface area (Å²) in [6, 6.07) is 11.3. The van der Waals surface area contributed by atoms with Gasteiger partial charge in [0.2, 0.25) is 0 Å². The average molecular weight is 386 g/mol. The van der Waals surface area contributed by atoms with Crippen LogP contribution in [0.15, 0.2) is 59.3 Å². The molecule has 3 aromatic rings. The van der Waals surface area contributed by atoms with Gasteiger partial charge in [-0.25, -0.2) is 0 Å². The van der Waals surface area contributed by atoms with Crippen LogP contribution in [0, 0.1) is 0 Å². The maximum absolute atomic E-state index is 12.5. The zero-order valence-corrected chi connectivity index (χ0v) is 15.1. The van der Waals surface area contributed by atoms with Crippen LogP contribution in [0.25, 0.3) is 0 Å². The Morgan fingerprint density at radius 3 is 2.78 bits per heavy atom. The molecule has 27 heavy (non-hydrogen) atoms. The average Bonchev–Trinajstić information content (AvgIpc) is 3.20. The van der Waals surface area contributed by atoms with Crippen LogP contribution in [0.2, 0.25) is 5.02 Å². The fraction of sp³-hybridized carbons (Fsp3) is 0.105. The van der Waals surface area contributed by atoms with Crippen LogP contribution in [0.3, 0.4) is 0 Å². The van der Waals surface area contributed by atoms with E-state index in [1.54, 1.807) is 30.3 Å². The summed E-state index contributed by atoms with van der Waals surface area (Å²) in [5.74, 6) is 0.253. The molecule has 0 radical (unpaired) electrons. The standard InChI is InChI=1S/C19H16ClN3O4/c1-26-17-5-4-13(20)10-15(17)23-18(24)12-6-7-21-16(9-12)19(25)22-11-14-3-2-8-27-14/h2-10H,11H2,1H3,(H,22,25)(H,23,24). The minimum Gasteiger partial charge on any atom is -0.495 e. The zero-order chi connectivity index (χ0) is 19.2. The van der Waals surface area contributed by atoms with Crippen molar-refractivity contribution in [1.29, 1.82) is 0 Å². The number of nitrogens with zero attached hydrogens (tertiary/aromatic N) is 1. The van der Waals surface area contributed by atoms with Gasteiger partial charge in [0.05, 0.1) is 25.6 Å². The van der Waals surface area contributed by atoms with Crippen LogP contribution < -0.4 is 15.4 Å². The molecule has 2 heterocycles. The number of anilines is 1. The van der Waals surface area contributed by atoms with Gasteiger partial charge in [-0.2, -0.15) is 0 Å². The first-order valence-electron chi connectivity index (χ1n) is 7.98. The molecule has 3 rings (SSSR count). The number of hydrogen-bond donors (Lipinski definition) is 2. The Morgan fingerprint density at radius 1 is 1.19 bits per heavy atom. The molecule has 8 heteroatoms. The van der Waals surface area contributed by atoms with Crippen molar-refractivity contribution in [2.24, 2.45) is 0 Å². The third kappa shape index (κ3) is 4.65. The molecule has 0 aliphatic carbocycles. The number of carbonyl (C=O) groups is 2. The molecule has 0 saturated heterocycles. The first-order chi connectivity index (χ1) is 13.1. The normalized spacial score (nSPS) is 10.3. The number of benzene rings is 1. The van der Waals surface area contributed by atoms with Crippen molar-refractivity contribution < 1.29 is 18.7 Å². The number of ether oxygens (including phenoxy) is 1. The molecule has 0 saturated carbocycles. The minimum absolute atomic E-state index is 0.118. The van der Waals surface area contributed by atoms with Crippen molar-refractivity contribution >= 4 is 29.1 Å². The molecule has 0 spiro atoms. The van der Waals surface area contributed by atoms with Gasteiger partial charge in [-0.05, 0) is 42.5 Å². The summed E-state index contributed by atoms with van der Waals surface area (Å²) in [6.45, 7) is 0.226. The Morgan fingerprint density at radius 2 is 2.04 bits per heavy atom. The predicted molar refractivity (Wildman–Crippen MR) is 100 cm³/mol. The van der Waals surface area contributed by atoms with Crippen molar-refractivity contribution in [3.8, 4) is 5.75 Å². The Labute approximate surface area is 160 Å². The van der Waals surface area contributed by atoms with Gasteiger partial charge in [0.15, 0.2) is 0 Å². The second kappa shape index (κ2) is 8.37. The molecule has 2 amide bonds. The summed E-state index contributed by atoms with van der Waals surface area (Å²) < 4.78 is 10.4. The number of methoxy groups -OCH3 is 1. The molecule has 0 aliphatic rings. The minimum atomic E-state index is -0.418. The number of amides is 2. The molecule has 138 valence electrons. The third-order valence-electron chi connectivity index (χ3n) is 3.67. The van der Waals surface area contributed by atoms with Gasteiger partial charge in [-0.1, -0.05) is 11.6 Å². The van der Waals surface area contributed by atoms with Gasteiger partial charge in [0.25, 0.3) is 11.8 Å². The SMILES string of the molecule is COc1ccc(Cl)cc1NC(=O)c1ccnc(C(=O)NCc2ccco2)c1. The molecule has 0 unspecified atom stereocenters. The fourth-order valence-electron chi connectivity index (χ4n) is 2.34. The molecule has 7 nitrogen and oxygen atoms in total. The van der Waals surface area contributed by atoms with E-state index >= 15 is 0 Å². The lowest BCUT2D eigenvalue weighted by atomic mass is 10.2. The molecule has 2 N–H and O–H groups in total. The van der Waals surface area contributed by atoms with E-state index in [-0.39, 0.29) is 17.8 Å². The second-order valence-electron chi connectivity index (χ2n) is 5.49. The van der Waals surface area contributed by atoms with Gasteiger partial charge < -0.3 is 19.8 Å². The maximum atomic E-state index is 12.5. The van der Waals surface area contributed by atoms with E-state index in [1.165, 1.54) is 31.7 Å². The number of pyridine rings is 1. The van der Waals surface area contributed by atoms with E-state index in [4.69, 9.17) is 20.8 Å². The fourth-order valence-corrected chi connectivity index (χ4v) is 2.51. The summed E-state index contributed by atoms with van der Waals surface area (Å²) in [6.07, 6.45) is 2.92. The van der Waals surface area contributed by atoms with Crippen molar-refractivity contribution in [2.45, 2.75) is 6.54 Å². The lowest BCUT2D eigenvalue weighted by molar-refractivity contribution is 0.0943. The maximum Gasteiger partial charge on any atom is 0.270 e. The summed E-state index contributed by atoms with van der Waals surface area (Å²) >= 11 is 5.97. The number of rotatable bonds is 6. The van der Waals surface area contributed by atoms with E-state index in [1.807, 2.05) is 0 Å². The summed E-state index contributed by atoms with van der Waals surface area (Å²) in [5.41, 5.74) is 0.818. The van der Waals surface area contributed by atoms with Crippen molar-refractivity contribution in [3.05, 3.63) is 77.0 Å². The lowest BCUT2D eigenvalue weighted by Gasteiger charge is -2.11. The first-order valence-corrected chi connectivity index (χ1v) is 8.36. The Kier molecular flexibility index (Phi) is 5.73. The first kappa shape index (κ1) is 18.5. The Bertz CT molecular complexity index is 957. The lowest BCUT2D eigenvalue weighted by Crippen LogP contribution is -2.24. The Balaban J connectivity index is 1.72. The van der Waals surface area contributed by atoms with Crippen molar-refractivity contribution in [3.63, 3.8) is 0 Å². The van der Waals surface area contributed by atoms with Crippen LogP contribution in [0.4, 0.5) is 5.69 Å². The third-order valence-corrected chi connectivity index (χ3v) is 3.90.